The van der Waals surface area contributed by atoms with Gasteiger partial charge in [-0.05, 0) is 36.2 Å². The zero-order valence-corrected chi connectivity index (χ0v) is 12.8. The number of nitrogens with one attached hydrogen (secondary N) is 1. The third-order valence-electron chi connectivity index (χ3n) is 3.15. The number of rotatable bonds is 7. The van der Waals surface area contributed by atoms with Crippen molar-refractivity contribution in [3.05, 3.63) is 59.7 Å². The van der Waals surface area contributed by atoms with Crippen molar-refractivity contribution < 1.29 is 9.84 Å². The molecule has 0 heterocycles. The fraction of sp³-hybridized carbons (Fsp3) is 0.294. The molecule has 3 nitrogen and oxygen atoms in total. The van der Waals surface area contributed by atoms with Gasteiger partial charge in [0, 0.05) is 12.2 Å². The highest BCUT2D eigenvalue weighted by molar-refractivity contribution is 6.18. The largest absolute Gasteiger partial charge is 0.489 e. The maximum atomic E-state index is 9.46. The highest BCUT2D eigenvalue weighted by Crippen LogP contribution is 2.22. The molecule has 2 aromatic rings. The van der Waals surface area contributed by atoms with E-state index in [0.717, 1.165) is 22.6 Å². The van der Waals surface area contributed by atoms with Crippen LogP contribution in [0.3, 0.4) is 0 Å². The van der Waals surface area contributed by atoms with Gasteiger partial charge in [-0.2, -0.15) is 0 Å². The molecular formula is C17H20ClNO2. The smallest absolute Gasteiger partial charge is 0.120 e. The molecule has 0 amide bonds. The SMILES string of the molecule is Cc1cc(OCc2ccccc2)ccc1NCC(O)CCl. The van der Waals surface area contributed by atoms with Crippen molar-refractivity contribution in [2.75, 3.05) is 17.7 Å². The molecule has 2 rings (SSSR count). The maximum Gasteiger partial charge on any atom is 0.120 e. The van der Waals surface area contributed by atoms with E-state index in [9.17, 15) is 5.11 Å². The minimum atomic E-state index is -0.542. The van der Waals surface area contributed by atoms with E-state index < -0.39 is 6.10 Å². The van der Waals surface area contributed by atoms with Gasteiger partial charge in [0.15, 0.2) is 0 Å². The van der Waals surface area contributed by atoms with Crippen LogP contribution in [0, 0.1) is 6.92 Å². The first-order valence-electron chi connectivity index (χ1n) is 6.94. The molecule has 2 N–H and O–H groups in total. The lowest BCUT2D eigenvalue weighted by Crippen LogP contribution is -2.21. The van der Waals surface area contributed by atoms with Crippen molar-refractivity contribution >= 4 is 17.3 Å². The Morgan fingerprint density at radius 1 is 1.19 bits per heavy atom. The maximum absolute atomic E-state index is 9.46. The van der Waals surface area contributed by atoms with Crippen LogP contribution < -0.4 is 10.1 Å². The van der Waals surface area contributed by atoms with Gasteiger partial charge >= 0.3 is 0 Å². The van der Waals surface area contributed by atoms with E-state index >= 15 is 0 Å². The van der Waals surface area contributed by atoms with E-state index in [0.29, 0.717) is 13.2 Å². The zero-order valence-electron chi connectivity index (χ0n) is 12.1. The van der Waals surface area contributed by atoms with Gasteiger partial charge in [0.05, 0.1) is 12.0 Å². The second-order valence-electron chi connectivity index (χ2n) is 4.94. The van der Waals surface area contributed by atoms with E-state index in [1.165, 1.54) is 0 Å². The molecule has 4 heteroatoms. The molecule has 0 aromatic heterocycles. The molecule has 0 spiro atoms. The molecule has 0 saturated heterocycles. The van der Waals surface area contributed by atoms with Gasteiger partial charge in [-0.3, -0.25) is 0 Å². The van der Waals surface area contributed by atoms with Crippen LogP contribution in [0.25, 0.3) is 0 Å². The lowest BCUT2D eigenvalue weighted by Gasteiger charge is -2.14. The molecule has 0 radical (unpaired) electrons. The minimum Gasteiger partial charge on any atom is -0.489 e. The molecule has 0 aliphatic rings. The second-order valence-corrected chi connectivity index (χ2v) is 5.25. The molecule has 0 aliphatic carbocycles. The quantitative estimate of drug-likeness (QED) is 0.768. The van der Waals surface area contributed by atoms with Crippen molar-refractivity contribution in [1.82, 2.24) is 0 Å². The van der Waals surface area contributed by atoms with Gasteiger partial charge in [-0.15, -0.1) is 11.6 Å². The Labute approximate surface area is 130 Å². The topological polar surface area (TPSA) is 41.5 Å². The number of anilines is 1. The van der Waals surface area contributed by atoms with Gasteiger partial charge in [0.25, 0.3) is 0 Å². The van der Waals surface area contributed by atoms with E-state index in [4.69, 9.17) is 16.3 Å². The molecule has 1 unspecified atom stereocenters. The number of hydrogen-bond acceptors (Lipinski definition) is 3. The fourth-order valence-corrected chi connectivity index (χ4v) is 2.06. The number of halogens is 1. The third kappa shape index (κ3) is 4.96. The van der Waals surface area contributed by atoms with Gasteiger partial charge in [-0.1, -0.05) is 30.3 Å². The van der Waals surface area contributed by atoms with Gasteiger partial charge in [0.1, 0.15) is 12.4 Å². The lowest BCUT2D eigenvalue weighted by atomic mass is 10.2. The predicted molar refractivity (Wildman–Crippen MR) is 87.2 cm³/mol. The van der Waals surface area contributed by atoms with E-state index in [-0.39, 0.29) is 5.88 Å². The third-order valence-corrected chi connectivity index (χ3v) is 3.51. The minimum absolute atomic E-state index is 0.227. The summed E-state index contributed by atoms with van der Waals surface area (Å²) in [5.41, 5.74) is 3.19. The van der Waals surface area contributed by atoms with Crippen LogP contribution in [0.4, 0.5) is 5.69 Å². The van der Waals surface area contributed by atoms with Gasteiger partial charge in [-0.25, -0.2) is 0 Å². The molecule has 112 valence electrons. The summed E-state index contributed by atoms with van der Waals surface area (Å²) in [6, 6.07) is 15.9. The van der Waals surface area contributed by atoms with E-state index in [2.05, 4.69) is 5.32 Å². The fourth-order valence-electron chi connectivity index (χ4n) is 1.95. The van der Waals surface area contributed by atoms with Crippen LogP contribution in [0.2, 0.25) is 0 Å². The number of aliphatic hydroxyl groups excluding tert-OH is 1. The van der Waals surface area contributed by atoms with Crippen molar-refractivity contribution in [2.45, 2.75) is 19.6 Å². The Kier molecular flexibility index (Phi) is 5.90. The Hall–Kier alpha value is -1.71. The van der Waals surface area contributed by atoms with Crippen LogP contribution >= 0.6 is 11.6 Å². The normalized spacial score (nSPS) is 12.0. The molecule has 0 bridgehead atoms. The average molecular weight is 306 g/mol. The predicted octanol–water partition coefficient (Wildman–Crippen LogP) is 3.59. The second kappa shape index (κ2) is 7.91. The molecule has 21 heavy (non-hydrogen) atoms. The summed E-state index contributed by atoms with van der Waals surface area (Å²) in [5, 5.41) is 12.6. The summed E-state index contributed by atoms with van der Waals surface area (Å²) in [6.07, 6.45) is -0.542. The summed E-state index contributed by atoms with van der Waals surface area (Å²) < 4.78 is 5.78. The van der Waals surface area contributed by atoms with Crippen molar-refractivity contribution in [3.63, 3.8) is 0 Å². The van der Waals surface area contributed by atoms with E-state index in [1.54, 1.807) is 0 Å². The number of hydrogen-bond donors (Lipinski definition) is 2. The zero-order chi connectivity index (χ0) is 15.1. The number of aliphatic hydroxyl groups is 1. The van der Waals surface area contributed by atoms with Crippen LogP contribution in [-0.4, -0.2) is 23.6 Å². The summed E-state index contributed by atoms with van der Waals surface area (Å²) in [7, 11) is 0. The van der Waals surface area contributed by atoms with Crippen molar-refractivity contribution in [2.24, 2.45) is 0 Å². The Morgan fingerprint density at radius 3 is 2.62 bits per heavy atom. The molecule has 0 saturated carbocycles. The number of aryl methyl sites for hydroxylation is 1. The standard InChI is InChI=1S/C17H20ClNO2/c1-13-9-16(21-12-14-5-3-2-4-6-14)7-8-17(13)19-11-15(20)10-18/h2-9,15,19-20H,10-12H2,1H3. The van der Waals surface area contributed by atoms with Gasteiger partial charge < -0.3 is 15.2 Å². The molecule has 1 atom stereocenters. The highest BCUT2D eigenvalue weighted by atomic mass is 35.5. The molecule has 0 aliphatic heterocycles. The Morgan fingerprint density at radius 2 is 1.95 bits per heavy atom. The van der Waals surface area contributed by atoms with Crippen LogP contribution in [-0.2, 0) is 6.61 Å². The first-order chi connectivity index (χ1) is 10.2. The molecule has 2 aromatic carbocycles. The lowest BCUT2D eigenvalue weighted by molar-refractivity contribution is 0.211. The van der Waals surface area contributed by atoms with Crippen LogP contribution in [0.15, 0.2) is 48.5 Å². The average Bonchev–Trinajstić information content (AvgIpc) is 2.52. The molecular weight excluding hydrogens is 286 g/mol. The Bertz CT molecular complexity index is 560. The van der Waals surface area contributed by atoms with Crippen LogP contribution in [0.1, 0.15) is 11.1 Å². The first kappa shape index (κ1) is 15.7. The number of benzene rings is 2. The monoisotopic (exact) mass is 305 g/mol. The highest BCUT2D eigenvalue weighted by Gasteiger charge is 2.04. The summed E-state index contributed by atoms with van der Waals surface area (Å²) in [6.45, 7) is 3.00. The van der Waals surface area contributed by atoms with Crippen molar-refractivity contribution in [3.8, 4) is 5.75 Å². The van der Waals surface area contributed by atoms with E-state index in [1.807, 2.05) is 55.5 Å². The van der Waals surface area contributed by atoms with Gasteiger partial charge in [0.2, 0.25) is 0 Å². The molecule has 0 fully saturated rings. The summed E-state index contributed by atoms with van der Waals surface area (Å²) in [4.78, 5) is 0. The van der Waals surface area contributed by atoms with Crippen molar-refractivity contribution in [1.29, 1.82) is 0 Å². The number of alkyl halides is 1. The Balaban J connectivity index is 1.92. The summed E-state index contributed by atoms with van der Waals surface area (Å²) in [5.74, 6) is 1.06. The van der Waals surface area contributed by atoms with Crippen LogP contribution in [0.5, 0.6) is 5.75 Å². The number of ether oxygens (including phenoxy) is 1. The first-order valence-corrected chi connectivity index (χ1v) is 7.48. The summed E-state index contributed by atoms with van der Waals surface area (Å²) >= 11 is 5.57.